The van der Waals surface area contributed by atoms with Crippen molar-refractivity contribution in [1.82, 2.24) is 4.90 Å². The van der Waals surface area contributed by atoms with Gasteiger partial charge in [-0.2, -0.15) is 0 Å². The van der Waals surface area contributed by atoms with Gasteiger partial charge in [-0.1, -0.05) is 12.1 Å². The van der Waals surface area contributed by atoms with Crippen LogP contribution in [-0.2, 0) is 9.53 Å². The number of fused-ring (bicyclic) bond motifs is 1. The fourth-order valence-corrected chi connectivity index (χ4v) is 3.05. The van der Waals surface area contributed by atoms with Crippen molar-refractivity contribution in [2.45, 2.75) is 31.9 Å². The predicted molar refractivity (Wildman–Crippen MR) is 86.6 cm³/mol. The molecule has 1 aromatic rings. The van der Waals surface area contributed by atoms with Gasteiger partial charge in [0.1, 0.15) is 5.75 Å². The molecule has 3 rings (SSSR count). The van der Waals surface area contributed by atoms with Gasteiger partial charge in [0.25, 0.3) is 0 Å². The quantitative estimate of drug-likeness (QED) is 0.884. The number of nitrogens with one attached hydrogen (secondary N) is 1. The number of carbonyl (C=O) groups excluding carboxylic acids is 1. The molecule has 0 unspecified atom stereocenters. The molecule has 23 heavy (non-hydrogen) atoms. The van der Waals surface area contributed by atoms with E-state index in [-0.39, 0.29) is 5.91 Å². The van der Waals surface area contributed by atoms with Crippen molar-refractivity contribution >= 4 is 11.6 Å². The standard InChI is InChI=1S/C17H24N2O4/c1-17(2,19-7-10-22-11-8-19)16(21)18-13-5-3-4-12-14(20)6-9-23-15(12)13/h3-5,14,20H,6-11H2,1-2H3,(H,18,21)/t14-/m0/s1. The van der Waals surface area contributed by atoms with Crippen LogP contribution < -0.4 is 10.1 Å². The molecule has 1 aromatic carbocycles. The molecule has 1 fully saturated rings. The monoisotopic (exact) mass is 320 g/mol. The summed E-state index contributed by atoms with van der Waals surface area (Å²) in [5, 5.41) is 13.0. The first kappa shape index (κ1) is 16.2. The number of para-hydroxylation sites is 1. The molecule has 6 nitrogen and oxygen atoms in total. The molecule has 0 radical (unpaired) electrons. The fourth-order valence-electron chi connectivity index (χ4n) is 3.05. The Bertz CT molecular complexity index is 582. The van der Waals surface area contributed by atoms with Crippen LogP contribution in [-0.4, -0.2) is 54.4 Å². The highest BCUT2D eigenvalue weighted by molar-refractivity contribution is 5.98. The maximum absolute atomic E-state index is 12.8. The minimum atomic E-state index is -0.639. The molecule has 1 atom stereocenters. The van der Waals surface area contributed by atoms with Gasteiger partial charge in [0.15, 0.2) is 0 Å². The lowest BCUT2D eigenvalue weighted by molar-refractivity contribution is -0.129. The number of aliphatic hydroxyl groups is 1. The average molecular weight is 320 g/mol. The smallest absolute Gasteiger partial charge is 0.244 e. The van der Waals surface area contributed by atoms with Crippen LogP contribution in [0, 0.1) is 0 Å². The van der Waals surface area contributed by atoms with Crippen molar-refractivity contribution in [1.29, 1.82) is 0 Å². The Kier molecular flexibility index (Phi) is 4.57. The lowest BCUT2D eigenvalue weighted by atomic mass is 9.99. The zero-order chi connectivity index (χ0) is 16.4. The summed E-state index contributed by atoms with van der Waals surface area (Å²) in [6.07, 6.45) is 0.0341. The van der Waals surface area contributed by atoms with Crippen LogP contribution in [0.2, 0.25) is 0 Å². The molecule has 1 saturated heterocycles. The van der Waals surface area contributed by atoms with Gasteiger partial charge in [-0.25, -0.2) is 0 Å². The molecule has 0 bridgehead atoms. The first-order valence-corrected chi connectivity index (χ1v) is 8.08. The van der Waals surface area contributed by atoms with Gasteiger partial charge in [-0.05, 0) is 19.9 Å². The van der Waals surface area contributed by atoms with Crippen molar-refractivity contribution in [3.63, 3.8) is 0 Å². The number of morpholine rings is 1. The molecule has 0 saturated carbocycles. The SMILES string of the molecule is CC(C)(C(=O)Nc1cccc2c1OCC[C@@H]2O)N1CCOCC1. The minimum Gasteiger partial charge on any atom is -0.491 e. The lowest BCUT2D eigenvalue weighted by Crippen LogP contribution is -2.56. The van der Waals surface area contributed by atoms with E-state index in [1.165, 1.54) is 0 Å². The third-order valence-corrected chi connectivity index (χ3v) is 4.65. The van der Waals surface area contributed by atoms with Crippen molar-refractivity contribution in [2.75, 3.05) is 38.2 Å². The number of carbonyl (C=O) groups is 1. The Morgan fingerprint density at radius 2 is 2.04 bits per heavy atom. The van der Waals surface area contributed by atoms with E-state index >= 15 is 0 Å². The number of aliphatic hydroxyl groups excluding tert-OH is 1. The molecule has 2 aliphatic heterocycles. The highest BCUT2D eigenvalue weighted by atomic mass is 16.5. The Morgan fingerprint density at radius 3 is 2.78 bits per heavy atom. The summed E-state index contributed by atoms with van der Waals surface area (Å²) in [4.78, 5) is 14.9. The highest BCUT2D eigenvalue weighted by Gasteiger charge is 2.36. The molecular weight excluding hydrogens is 296 g/mol. The second-order valence-corrected chi connectivity index (χ2v) is 6.49. The number of benzene rings is 1. The second kappa shape index (κ2) is 6.47. The maximum atomic E-state index is 12.8. The van der Waals surface area contributed by atoms with Gasteiger partial charge in [-0.15, -0.1) is 0 Å². The molecule has 6 heteroatoms. The van der Waals surface area contributed by atoms with E-state index in [2.05, 4.69) is 10.2 Å². The third kappa shape index (κ3) is 3.20. The number of rotatable bonds is 3. The highest BCUT2D eigenvalue weighted by Crippen LogP contribution is 2.38. The topological polar surface area (TPSA) is 71.0 Å². The zero-order valence-electron chi connectivity index (χ0n) is 13.7. The predicted octanol–water partition coefficient (Wildman–Crippen LogP) is 1.55. The number of nitrogens with zero attached hydrogens (tertiary/aromatic N) is 1. The molecule has 2 aliphatic rings. The van der Waals surface area contributed by atoms with E-state index in [0.29, 0.717) is 37.7 Å². The Hall–Kier alpha value is -1.63. The lowest BCUT2D eigenvalue weighted by Gasteiger charge is -2.39. The molecular formula is C17H24N2O4. The van der Waals surface area contributed by atoms with Crippen LogP contribution in [0.25, 0.3) is 0 Å². The summed E-state index contributed by atoms with van der Waals surface area (Å²) in [7, 11) is 0. The van der Waals surface area contributed by atoms with Crippen LogP contribution in [0.1, 0.15) is 31.9 Å². The molecule has 0 spiro atoms. The van der Waals surface area contributed by atoms with Gasteiger partial charge in [0.2, 0.25) is 5.91 Å². The second-order valence-electron chi connectivity index (χ2n) is 6.49. The molecule has 0 aromatic heterocycles. The average Bonchev–Trinajstić information content (AvgIpc) is 2.56. The largest absolute Gasteiger partial charge is 0.491 e. The van der Waals surface area contributed by atoms with Crippen LogP contribution >= 0.6 is 0 Å². The van der Waals surface area contributed by atoms with Gasteiger partial charge in [0.05, 0.1) is 37.2 Å². The van der Waals surface area contributed by atoms with Crippen LogP contribution in [0.5, 0.6) is 5.75 Å². The van der Waals surface area contributed by atoms with Gasteiger partial charge in [-0.3, -0.25) is 9.69 Å². The van der Waals surface area contributed by atoms with E-state index in [4.69, 9.17) is 9.47 Å². The van der Waals surface area contributed by atoms with E-state index in [0.717, 1.165) is 18.7 Å². The van der Waals surface area contributed by atoms with Crippen molar-refractivity contribution < 1.29 is 19.4 Å². The van der Waals surface area contributed by atoms with Gasteiger partial charge < -0.3 is 19.9 Å². The summed E-state index contributed by atoms with van der Waals surface area (Å²) in [5.74, 6) is 0.494. The number of amides is 1. The van der Waals surface area contributed by atoms with E-state index in [1.807, 2.05) is 32.0 Å². The Labute approximate surface area is 136 Å². The molecule has 126 valence electrons. The van der Waals surface area contributed by atoms with Crippen molar-refractivity contribution in [2.24, 2.45) is 0 Å². The van der Waals surface area contributed by atoms with Crippen molar-refractivity contribution in [3.8, 4) is 5.75 Å². The first-order valence-electron chi connectivity index (χ1n) is 8.08. The van der Waals surface area contributed by atoms with E-state index in [1.54, 1.807) is 0 Å². The molecule has 1 amide bonds. The summed E-state index contributed by atoms with van der Waals surface area (Å²) in [6.45, 7) is 7.05. The Balaban J connectivity index is 1.79. The number of hydrogen-bond acceptors (Lipinski definition) is 5. The number of hydrogen-bond donors (Lipinski definition) is 2. The van der Waals surface area contributed by atoms with Crippen LogP contribution in [0.15, 0.2) is 18.2 Å². The van der Waals surface area contributed by atoms with E-state index < -0.39 is 11.6 Å². The summed E-state index contributed by atoms with van der Waals surface area (Å²) in [6, 6.07) is 5.47. The molecule has 2 heterocycles. The minimum absolute atomic E-state index is 0.0866. The van der Waals surface area contributed by atoms with Gasteiger partial charge >= 0.3 is 0 Å². The summed E-state index contributed by atoms with van der Waals surface area (Å²) < 4.78 is 11.0. The van der Waals surface area contributed by atoms with Crippen LogP contribution in [0.4, 0.5) is 5.69 Å². The van der Waals surface area contributed by atoms with Crippen LogP contribution in [0.3, 0.4) is 0 Å². The van der Waals surface area contributed by atoms with Gasteiger partial charge in [0, 0.05) is 25.1 Å². The Morgan fingerprint density at radius 1 is 1.30 bits per heavy atom. The summed E-state index contributed by atoms with van der Waals surface area (Å²) in [5.41, 5.74) is 0.714. The molecule has 2 N–H and O–H groups in total. The van der Waals surface area contributed by atoms with Crippen molar-refractivity contribution in [3.05, 3.63) is 23.8 Å². The molecule has 0 aliphatic carbocycles. The normalized spacial score (nSPS) is 22.1. The zero-order valence-corrected chi connectivity index (χ0v) is 13.7. The third-order valence-electron chi connectivity index (χ3n) is 4.65. The fraction of sp³-hybridized carbons (Fsp3) is 0.588. The number of ether oxygens (including phenoxy) is 2. The maximum Gasteiger partial charge on any atom is 0.244 e. The number of anilines is 1. The summed E-state index contributed by atoms with van der Waals surface area (Å²) >= 11 is 0. The van der Waals surface area contributed by atoms with E-state index in [9.17, 15) is 9.90 Å². The first-order chi connectivity index (χ1) is 11.0.